The smallest absolute Gasteiger partial charge is 0.124 e. The Hall–Kier alpha value is -3.29. The fourth-order valence-corrected chi connectivity index (χ4v) is 5.02. The summed E-state index contributed by atoms with van der Waals surface area (Å²) in [6, 6.07) is 33.8. The van der Waals surface area contributed by atoms with E-state index in [2.05, 4.69) is 98.4 Å². The number of quaternary nitrogens is 1. The van der Waals surface area contributed by atoms with E-state index >= 15 is 0 Å². The molecule has 5 nitrogen and oxygen atoms in total. The minimum Gasteiger partial charge on any atom is -0.744 e. The summed E-state index contributed by atoms with van der Waals surface area (Å²) < 4.78 is 37.2. The minimum absolute atomic E-state index is 0.178. The summed E-state index contributed by atoms with van der Waals surface area (Å²) in [4.78, 5) is -0.178. The molecule has 4 aromatic rings. The molecule has 3 N–H and O–H groups in total. The maximum absolute atomic E-state index is 10.4. The molecule has 0 radical (unpaired) electrons. The monoisotopic (exact) mass is 573 g/mol. The van der Waals surface area contributed by atoms with Gasteiger partial charge in [-0.05, 0) is 68.9 Å². The Labute approximate surface area is 246 Å². The maximum Gasteiger partial charge on any atom is 0.124 e. The fourth-order valence-electron chi connectivity index (χ4n) is 4.55. The average molecular weight is 574 g/mol. The van der Waals surface area contributed by atoms with Crippen molar-refractivity contribution in [2.24, 2.45) is 5.92 Å². The Morgan fingerprint density at radius 2 is 1.29 bits per heavy atom. The van der Waals surface area contributed by atoms with Gasteiger partial charge < -0.3 is 15.0 Å². The summed E-state index contributed by atoms with van der Waals surface area (Å²) in [6.45, 7) is 8.69. The van der Waals surface area contributed by atoms with Crippen molar-refractivity contribution in [1.29, 1.82) is 0 Å². The lowest BCUT2D eigenvalue weighted by Crippen LogP contribution is -2.51. The number of hydrogen-bond donors (Lipinski definition) is 1. The van der Waals surface area contributed by atoms with Crippen LogP contribution in [0.4, 0.5) is 0 Å². The van der Waals surface area contributed by atoms with E-state index in [0.717, 1.165) is 24.5 Å². The van der Waals surface area contributed by atoms with Crippen molar-refractivity contribution < 1.29 is 23.4 Å². The van der Waals surface area contributed by atoms with Crippen LogP contribution in [-0.4, -0.2) is 26.1 Å². The lowest BCUT2D eigenvalue weighted by Gasteiger charge is -2.18. The Kier molecular flexibility index (Phi) is 12.8. The van der Waals surface area contributed by atoms with Crippen LogP contribution in [0.3, 0.4) is 0 Å². The third-order valence-electron chi connectivity index (χ3n) is 6.92. The molecule has 218 valence electrons. The first kappa shape index (κ1) is 32.2. The van der Waals surface area contributed by atoms with Gasteiger partial charge in [0.1, 0.15) is 10.1 Å². The lowest BCUT2D eigenvalue weighted by molar-refractivity contribution is -0.372. The molecule has 0 aliphatic heterocycles. The predicted molar refractivity (Wildman–Crippen MR) is 165 cm³/mol. The standard InChI is InChI=1S/C24H26O.C7H8O3S.C4H9N/c1-19-15-20(2)17-21(16-19)18-25-14-13-24(22-9-5-3-6-10-22)23-11-7-4-8-12-23;1-6-2-4-7(5-3-6)11(8,9)10;5-3-4-1-2-4/h3-12,15-17,24H,13-14,18H2,1-2H3;2-5H,1H3,(H,8,9,10);4H,1-3,5H2. The lowest BCUT2D eigenvalue weighted by atomic mass is 9.89. The Morgan fingerprint density at radius 1 is 0.780 bits per heavy atom. The van der Waals surface area contributed by atoms with Crippen molar-refractivity contribution in [2.45, 2.75) is 57.5 Å². The van der Waals surface area contributed by atoms with Gasteiger partial charge in [-0.3, -0.25) is 0 Å². The molecule has 0 spiro atoms. The first-order valence-corrected chi connectivity index (χ1v) is 15.6. The van der Waals surface area contributed by atoms with E-state index in [1.165, 1.54) is 59.3 Å². The van der Waals surface area contributed by atoms with Crippen LogP contribution in [0.15, 0.2) is 108 Å². The van der Waals surface area contributed by atoms with Crippen LogP contribution >= 0.6 is 0 Å². The van der Waals surface area contributed by atoms with Crippen LogP contribution in [0.2, 0.25) is 0 Å². The van der Waals surface area contributed by atoms with E-state index in [4.69, 9.17) is 4.74 Å². The molecule has 0 saturated heterocycles. The van der Waals surface area contributed by atoms with Gasteiger partial charge in [-0.2, -0.15) is 0 Å². The zero-order valence-electron chi connectivity index (χ0n) is 24.5. The molecule has 41 heavy (non-hydrogen) atoms. The minimum atomic E-state index is -4.27. The van der Waals surface area contributed by atoms with Gasteiger partial charge in [0.05, 0.1) is 18.0 Å². The summed E-state index contributed by atoms with van der Waals surface area (Å²) >= 11 is 0. The molecule has 1 aliphatic carbocycles. The molecular formula is C35H43NO4S. The Morgan fingerprint density at radius 3 is 1.71 bits per heavy atom. The number of aryl methyl sites for hydroxylation is 3. The van der Waals surface area contributed by atoms with Crippen molar-refractivity contribution in [3.8, 4) is 0 Å². The molecule has 0 heterocycles. The van der Waals surface area contributed by atoms with Crippen LogP contribution in [0.5, 0.6) is 0 Å². The van der Waals surface area contributed by atoms with Gasteiger partial charge in [-0.1, -0.05) is 108 Å². The molecule has 6 heteroatoms. The molecule has 0 unspecified atom stereocenters. The van der Waals surface area contributed by atoms with Crippen LogP contribution < -0.4 is 5.73 Å². The van der Waals surface area contributed by atoms with Gasteiger partial charge in [0, 0.05) is 18.4 Å². The van der Waals surface area contributed by atoms with Gasteiger partial charge >= 0.3 is 0 Å². The van der Waals surface area contributed by atoms with Gasteiger partial charge in [-0.25, -0.2) is 8.42 Å². The van der Waals surface area contributed by atoms with Crippen LogP contribution in [0.25, 0.3) is 0 Å². The molecular weight excluding hydrogens is 530 g/mol. The average Bonchev–Trinajstić information content (AvgIpc) is 3.79. The molecule has 1 saturated carbocycles. The van der Waals surface area contributed by atoms with Crippen LogP contribution in [0, 0.1) is 26.7 Å². The largest absolute Gasteiger partial charge is 0.744 e. The van der Waals surface area contributed by atoms with E-state index in [-0.39, 0.29) is 4.90 Å². The first-order valence-electron chi connectivity index (χ1n) is 14.2. The quantitative estimate of drug-likeness (QED) is 0.181. The molecule has 0 aromatic heterocycles. The maximum atomic E-state index is 10.4. The number of ether oxygens (including phenoxy) is 1. The van der Waals surface area contributed by atoms with Crippen LogP contribution in [0.1, 0.15) is 58.6 Å². The molecule has 1 aliphatic rings. The van der Waals surface area contributed by atoms with Crippen molar-refractivity contribution in [3.63, 3.8) is 0 Å². The molecule has 0 amide bonds. The number of benzene rings is 4. The normalized spacial score (nSPS) is 12.6. The highest BCUT2D eigenvalue weighted by atomic mass is 32.2. The molecule has 1 fully saturated rings. The van der Waals surface area contributed by atoms with E-state index in [1.807, 2.05) is 6.92 Å². The zero-order valence-corrected chi connectivity index (χ0v) is 25.3. The zero-order chi connectivity index (χ0) is 29.7. The summed E-state index contributed by atoms with van der Waals surface area (Å²) in [7, 11) is -4.27. The highest BCUT2D eigenvalue weighted by molar-refractivity contribution is 7.85. The molecule has 0 bridgehead atoms. The number of hydrogen-bond acceptors (Lipinski definition) is 4. The third kappa shape index (κ3) is 12.0. The summed E-state index contributed by atoms with van der Waals surface area (Å²) in [5.74, 6) is 1.40. The third-order valence-corrected chi connectivity index (χ3v) is 7.77. The van der Waals surface area contributed by atoms with Gasteiger partial charge in [0.2, 0.25) is 0 Å². The van der Waals surface area contributed by atoms with Crippen molar-refractivity contribution in [2.75, 3.05) is 13.2 Å². The second-order valence-corrected chi connectivity index (χ2v) is 12.1. The topological polar surface area (TPSA) is 94.1 Å². The molecule has 0 atom stereocenters. The molecule has 4 aromatic carbocycles. The summed E-state index contributed by atoms with van der Waals surface area (Å²) in [5, 5.41) is 0. The summed E-state index contributed by atoms with van der Waals surface area (Å²) in [6.07, 6.45) is 3.88. The fraction of sp³-hybridized carbons (Fsp3) is 0.314. The van der Waals surface area contributed by atoms with E-state index in [0.29, 0.717) is 12.5 Å². The van der Waals surface area contributed by atoms with Crippen molar-refractivity contribution >= 4 is 10.1 Å². The van der Waals surface area contributed by atoms with Crippen molar-refractivity contribution in [1.82, 2.24) is 0 Å². The van der Waals surface area contributed by atoms with E-state index < -0.39 is 10.1 Å². The van der Waals surface area contributed by atoms with Gasteiger partial charge in [-0.15, -0.1) is 0 Å². The highest BCUT2D eigenvalue weighted by Gasteiger charge is 2.20. The summed E-state index contributed by atoms with van der Waals surface area (Å²) in [5.41, 5.74) is 11.2. The second-order valence-electron chi connectivity index (χ2n) is 10.7. The Balaban J connectivity index is 0.000000236. The predicted octanol–water partition coefficient (Wildman–Crippen LogP) is 6.58. The SMILES string of the molecule is Cc1cc(C)cc(COCCC(c2ccccc2)c2ccccc2)c1.Cc1ccc(S(=O)(=O)[O-])cc1.[NH3+]CC1CC1. The van der Waals surface area contributed by atoms with E-state index in [1.54, 1.807) is 12.1 Å². The van der Waals surface area contributed by atoms with E-state index in [9.17, 15) is 13.0 Å². The Bertz CT molecular complexity index is 1360. The molecule has 5 rings (SSSR count). The highest BCUT2D eigenvalue weighted by Crippen LogP contribution is 2.28. The number of rotatable bonds is 9. The van der Waals surface area contributed by atoms with Crippen LogP contribution in [-0.2, 0) is 21.5 Å². The van der Waals surface area contributed by atoms with Gasteiger partial charge in [0.25, 0.3) is 0 Å². The van der Waals surface area contributed by atoms with Crippen molar-refractivity contribution in [3.05, 3.63) is 137 Å². The second kappa shape index (κ2) is 16.2. The first-order chi connectivity index (χ1) is 19.7. The van der Waals surface area contributed by atoms with Gasteiger partial charge in [0.15, 0.2) is 0 Å².